The van der Waals surface area contributed by atoms with Crippen LogP contribution < -0.4 is 4.74 Å². The van der Waals surface area contributed by atoms with E-state index in [9.17, 15) is 18.9 Å². The molecule has 1 N–H and O–H groups in total. The smallest absolute Gasteiger partial charge is 0.269 e. The topological polar surface area (TPSA) is 72.6 Å². The van der Waals surface area contributed by atoms with E-state index in [4.69, 9.17) is 9.84 Å². The van der Waals surface area contributed by atoms with Crippen LogP contribution in [0, 0.1) is 21.7 Å². The van der Waals surface area contributed by atoms with Gasteiger partial charge in [0, 0.05) is 12.1 Å². The summed E-state index contributed by atoms with van der Waals surface area (Å²) in [6.45, 7) is -0.494. The first-order chi connectivity index (χ1) is 9.51. The standard InChI is InChI=1S/C13H9F2NO4/c14-11-5-8(7-17)6-12(15)13(11)20-10-3-1-9(2-4-10)16(18)19/h1-6,17H,7H2. The highest BCUT2D eigenvalue weighted by molar-refractivity contribution is 5.40. The van der Waals surface area contributed by atoms with E-state index >= 15 is 0 Å². The number of aliphatic hydroxyl groups excluding tert-OH is 1. The van der Waals surface area contributed by atoms with Gasteiger partial charge in [0.15, 0.2) is 17.4 Å². The number of nitrogens with zero attached hydrogens (tertiary/aromatic N) is 1. The molecule has 104 valence electrons. The van der Waals surface area contributed by atoms with Crippen LogP contribution in [0.25, 0.3) is 0 Å². The summed E-state index contributed by atoms with van der Waals surface area (Å²) < 4.78 is 32.2. The average Bonchev–Trinajstić information content (AvgIpc) is 2.43. The maximum absolute atomic E-state index is 13.6. The summed E-state index contributed by atoms with van der Waals surface area (Å²) in [6.07, 6.45) is 0. The predicted molar refractivity (Wildman–Crippen MR) is 65.5 cm³/mol. The van der Waals surface area contributed by atoms with E-state index in [1.807, 2.05) is 0 Å². The summed E-state index contributed by atoms with van der Waals surface area (Å²) in [4.78, 5) is 9.87. The molecule has 0 bridgehead atoms. The Bertz CT molecular complexity index is 620. The van der Waals surface area contributed by atoms with Crippen LogP contribution in [0.15, 0.2) is 36.4 Å². The number of hydrogen-bond acceptors (Lipinski definition) is 4. The number of non-ortho nitro benzene ring substituents is 1. The number of benzene rings is 2. The highest BCUT2D eigenvalue weighted by Gasteiger charge is 2.14. The van der Waals surface area contributed by atoms with Gasteiger partial charge in [0.05, 0.1) is 11.5 Å². The van der Waals surface area contributed by atoms with Crippen LogP contribution in [0.4, 0.5) is 14.5 Å². The molecular formula is C13H9F2NO4. The van der Waals surface area contributed by atoms with Crippen molar-refractivity contribution in [2.24, 2.45) is 0 Å². The molecule has 0 aliphatic heterocycles. The van der Waals surface area contributed by atoms with Crippen molar-refractivity contribution in [2.45, 2.75) is 6.61 Å². The minimum Gasteiger partial charge on any atom is -0.451 e. The van der Waals surface area contributed by atoms with E-state index < -0.39 is 28.9 Å². The van der Waals surface area contributed by atoms with Crippen LogP contribution in [-0.4, -0.2) is 10.0 Å². The summed E-state index contributed by atoms with van der Waals surface area (Å²) in [6, 6.07) is 6.68. The SMILES string of the molecule is O=[N+]([O-])c1ccc(Oc2c(F)cc(CO)cc2F)cc1. The fraction of sp³-hybridized carbons (Fsp3) is 0.0769. The van der Waals surface area contributed by atoms with E-state index in [2.05, 4.69) is 0 Å². The van der Waals surface area contributed by atoms with E-state index in [0.717, 1.165) is 24.3 Å². The highest BCUT2D eigenvalue weighted by Crippen LogP contribution is 2.29. The molecule has 0 fully saturated rings. The van der Waals surface area contributed by atoms with Crippen molar-refractivity contribution in [3.8, 4) is 11.5 Å². The lowest BCUT2D eigenvalue weighted by Crippen LogP contribution is -1.96. The van der Waals surface area contributed by atoms with Crippen LogP contribution >= 0.6 is 0 Å². The molecule has 0 heterocycles. The lowest BCUT2D eigenvalue weighted by molar-refractivity contribution is -0.384. The van der Waals surface area contributed by atoms with Crippen molar-refractivity contribution in [1.82, 2.24) is 0 Å². The first-order valence-electron chi connectivity index (χ1n) is 5.52. The first-order valence-corrected chi connectivity index (χ1v) is 5.52. The number of ether oxygens (including phenoxy) is 1. The second-order valence-corrected chi connectivity index (χ2v) is 3.90. The minimum absolute atomic E-state index is 0.0603. The molecule has 0 unspecified atom stereocenters. The second-order valence-electron chi connectivity index (χ2n) is 3.90. The van der Waals surface area contributed by atoms with Crippen LogP contribution in [0.2, 0.25) is 0 Å². The lowest BCUT2D eigenvalue weighted by Gasteiger charge is -2.09. The number of rotatable bonds is 4. The zero-order valence-corrected chi connectivity index (χ0v) is 10.0. The quantitative estimate of drug-likeness (QED) is 0.690. The molecule has 0 saturated carbocycles. The molecule has 0 aliphatic carbocycles. The Morgan fingerprint density at radius 1 is 1.15 bits per heavy atom. The number of hydrogen-bond donors (Lipinski definition) is 1. The summed E-state index contributed by atoms with van der Waals surface area (Å²) in [5.74, 6) is -2.50. The van der Waals surface area contributed by atoms with Gasteiger partial charge in [-0.3, -0.25) is 10.1 Å². The number of aliphatic hydroxyl groups is 1. The van der Waals surface area contributed by atoms with Crippen LogP contribution in [-0.2, 0) is 6.61 Å². The van der Waals surface area contributed by atoms with Crippen molar-refractivity contribution >= 4 is 5.69 Å². The van der Waals surface area contributed by atoms with Crippen LogP contribution in [0.1, 0.15) is 5.56 Å². The third kappa shape index (κ3) is 2.89. The molecule has 0 amide bonds. The fourth-order valence-corrected chi connectivity index (χ4v) is 1.55. The Kier molecular flexibility index (Phi) is 3.90. The van der Waals surface area contributed by atoms with Gasteiger partial charge >= 0.3 is 0 Å². The third-order valence-electron chi connectivity index (χ3n) is 2.51. The molecule has 0 aliphatic rings. The number of nitro groups is 1. The maximum atomic E-state index is 13.6. The van der Waals surface area contributed by atoms with Gasteiger partial charge in [-0.1, -0.05) is 0 Å². The van der Waals surface area contributed by atoms with Gasteiger partial charge in [-0.2, -0.15) is 0 Å². The lowest BCUT2D eigenvalue weighted by atomic mass is 10.2. The third-order valence-corrected chi connectivity index (χ3v) is 2.51. The second kappa shape index (κ2) is 5.62. The molecule has 0 spiro atoms. The molecule has 20 heavy (non-hydrogen) atoms. The van der Waals surface area contributed by atoms with E-state index in [-0.39, 0.29) is 17.0 Å². The molecule has 5 nitrogen and oxygen atoms in total. The van der Waals surface area contributed by atoms with Crippen LogP contribution in [0.3, 0.4) is 0 Å². The highest BCUT2D eigenvalue weighted by atomic mass is 19.1. The largest absolute Gasteiger partial charge is 0.451 e. The summed E-state index contributed by atoms with van der Waals surface area (Å²) in [5.41, 5.74) is -0.0787. The molecule has 2 rings (SSSR count). The Hall–Kier alpha value is -2.54. The number of nitro benzene ring substituents is 1. The molecule has 0 aromatic heterocycles. The molecular weight excluding hydrogens is 272 g/mol. The molecule has 7 heteroatoms. The summed E-state index contributed by atoms with van der Waals surface area (Å²) in [5, 5.41) is 19.3. The van der Waals surface area contributed by atoms with Gasteiger partial charge in [-0.15, -0.1) is 0 Å². The molecule has 0 saturated heterocycles. The monoisotopic (exact) mass is 281 g/mol. The normalized spacial score (nSPS) is 10.3. The summed E-state index contributed by atoms with van der Waals surface area (Å²) >= 11 is 0. The van der Waals surface area contributed by atoms with Crippen molar-refractivity contribution < 1.29 is 23.5 Å². The zero-order valence-electron chi connectivity index (χ0n) is 10.0. The van der Waals surface area contributed by atoms with Crippen molar-refractivity contribution in [3.63, 3.8) is 0 Å². The van der Waals surface area contributed by atoms with Gasteiger partial charge in [0.25, 0.3) is 5.69 Å². The van der Waals surface area contributed by atoms with Crippen molar-refractivity contribution in [1.29, 1.82) is 0 Å². The molecule has 2 aromatic carbocycles. The fourth-order valence-electron chi connectivity index (χ4n) is 1.55. The van der Waals surface area contributed by atoms with Gasteiger partial charge in [-0.25, -0.2) is 8.78 Å². The Balaban J connectivity index is 2.28. The minimum atomic E-state index is -0.965. The van der Waals surface area contributed by atoms with Crippen molar-refractivity contribution in [3.05, 3.63) is 63.7 Å². The van der Waals surface area contributed by atoms with Gasteiger partial charge in [0.1, 0.15) is 5.75 Å². The van der Waals surface area contributed by atoms with Gasteiger partial charge in [-0.05, 0) is 29.8 Å². The first kappa shape index (κ1) is 13.9. The van der Waals surface area contributed by atoms with E-state index in [0.29, 0.717) is 0 Å². The zero-order chi connectivity index (χ0) is 14.7. The van der Waals surface area contributed by atoms with Crippen molar-refractivity contribution in [2.75, 3.05) is 0 Å². The molecule has 0 radical (unpaired) electrons. The van der Waals surface area contributed by atoms with E-state index in [1.54, 1.807) is 0 Å². The van der Waals surface area contributed by atoms with Crippen LogP contribution in [0.5, 0.6) is 11.5 Å². The maximum Gasteiger partial charge on any atom is 0.269 e. The predicted octanol–water partition coefficient (Wildman–Crippen LogP) is 3.16. The van der Waals surface area contributed by atoms with E-state index in [1.165, 1.54) is 12.1 Å². The Morgan fingerprint density at radius 2 is 1.70 bits per heavy atom. The average molecular weight is 281 g/mol. The molecule has 2 aromatic rings. The van der Waals surface area contributed by atoms with Gasteiger partial charge in [0.2, 0.25) is 0 Å². The molecule has 0 atom stereocenters. The Morgan fingerprint density at radius 3 is 2.15 bits per heavy atom. The number of halogens is 2. The summed E-state index contributed by atoms with van der Waals surface area (Å²) in [7, 11) is 0. The Labute approximate surface area is 112 Å². The van der Waals surface area contributed by atoms with Gasteiger partial charge < -0.3 is 9.84 Å².